The highest BCUT2D eigenvalue weighted by Gasteiger charge is 2.25. The fourth-order valence-corrected chi connectivity index (χ4v) is 9.63. The summed E-state index contributed by atoms with van der Waals surface area (Å²) in [6, 6.07) is 74.8. The Morgan fingerprint density at radius 3 is 1.50 bits per heavy atom. The van der Waals surface area contributed by atoms with Crippen LogP contribution in [-0.2, 0) is 0 Å². The molecule has 0 N–H and O–H groups in total. The number of anilines is 3. The summed E-state index contributed by atoms with van der Waals surface area (Å²) in [6.07, 6.45) is 0. The van der Waals surface area contributed by atoms with Gasteiger partial charge in [0, 0.05) is 55.0 Å². The third-order valence-electron chi connectivity index (χ3n) is 12.5. The average Bonchev–Trinajstić information content (AvgIpc) is 4.03. The Kier molecular flexibility index (Phi) is 7.57. The van der Waals surface area contributed by atoms with E-state index in [0.717, 1.165) is 121 Å². The van der Waals surface area contributed by atoms with Crippen LogP contribution in [0.2, 0.25) is 0 Å². The predicted molar refractivity (Wildman–Crippen MR) is 257 cm³/mol. The van der Waals surface area contributed by atoms with E-state index >= 15 is 0 Å². The molecule has 0 atom stereocenters. The van der Waals surface area contributed by atoms with Crippen LogP contribution in [0.25, 0.3) is 110 Å². The quantitative estimate of drug-likeness (QED) is 0.168. The first kappa shape index (κ1) is 34.5. The number of benzene rings is 10. The van der Waals surface area contributed by atoms with Crippen molar-refractivity contribution < 1.29 is 13.3 Å². The van der Waals surface area contributed by atoms with E-state index in [-0.39, 0.29) is 0 Å². The maximum atomic E-state index is 7.07. The second kappa shape index (κ2) is 13.6. The molecule has 3 heterocycles. The normalized spacial score (nSPS) is 11.9. The van der Waals surface area contributed by atoms with Gasteiger partial charge in [-0.15, -0.1) is 0 Å². The van der Waals surface area contributed by atoms with Crippen molar-refractivity contribution in [2.45, 2.75) is 0 Å². The summed E-state index contributed by atoms with van der Waals surface area (Å²) in [4.78, 5) is 2.35. The molecule has 13 aromatic rings. The fourth-order valence-electron chi connectivity index (χ4n) is 9.63. The van der Waals surface area contributed by atoms with E-state index in [9.17, 15) is 0 Å². The summed E-state index contributed by atoms with van der Waals surface area (Å²) in [6.45, 7) is 0. The zero-order valence-corrected chi connectivity index (χ0v) is 33.4. The minimum atomic E-state index is 0.810. The van der Waals surface area contributed by atoms with E-state index in [1.807, 2.05) is 24.3 Å². The van der Waals surface area contributed by atoms with Crippen LogP contribution in [0, 0.1) is 0 Å². The van der Waals surface area contributed by atoms with Crippen molar-refractivity contribution in [3.05, 3.63) is 212 Å². The van der Waals surface area contributed by atoms with Crippen LogP contribution in [0.15, 0.2) is 226 Å². The van der Waals surface area contributed by atoms with Crippen molar-refractivity contribution in [3.8, 4) is 33.4 Å². The summed E-state index contributed by atoms with van der Waals surface area (Å²) < 4.78 is 20.2. The molecule has 0 aliphatic carbocycles. The molecule has 0 unspecified atom stereocenters. The molecule has 0 aliphatic heterocycles. The van der Waals surface area contributed by atoms with Crippen molar-refractivity contribution in [2.75, 3.05) is 4.90 Å². The standard InChI is InChI=1S/C58H35NO3/c1-2-13-36(14-3-1)37-27-31-40(32-28-37)59(41-33-29-38(30-34-41)43-19-10-20-46-44-17-6-8-24-51(44)60-56(43)46)50-23-12-26-53-55(50)49-35-39-15-4-5-16-42(39)54(58(49)62-53)48-22-11-21-47-45-18-7-9-25-52(45)61-57(47)48/h1-35H. The minimum absolute atomic E-state index is 0.810. The molecule has 0 amide bonds. The molecule has 0 saturated heterocycles. The zero-order valence-electron chi connectivity index (χ0n) is 33.4. The largest absolute Gasteiger partial charge is 0.455 e. The van der Waals surface area contributed by atoms with Gasteiger partial charge in [-0.25, -0.2) is 0 Å². The molecule has 0 radical (unpaired) electrons. The third-order valence-corrected chi connectivity index (χ3v) is 12.5. The molecule has 4 heteroatoms. The van der Waals surface area contributed by atoms with Crippen LogP contribution in [0.3, 0.4) is 0 Å². The number of nitrogens with zero attached hydrogens (tertiary/aromatic N) is 1. The predicted octanol–water partition coefficient (Wildman–Crippen LogP) is 17.0. The number of hydrogen-bond donors (Lipinski definition) is 0. The molecule has 290 valence electrons. The van der Waals surface area contributed by atoms with Crippen LogP contribution in [0.1, 0.15) is 0 Å². The van der Waals surface area contributed by atoms with Gasteiger partial charge in [0.15, 0.2) is 0 Å². The Labute approximate surface area is 356 Å². The number of para-hydroxylation sites is 4. The second-order valence-corrected chi connectivity index (χ2v) is 16.0. The van der Waals surface area contributed by atoms with Gasteiger partial charge in [0.05, 0.1) is 11.1 Å². The monoisotopic (exact) mass is 793 g/mol. The van der Waals surface area contributed by atoms with Gasteiger partial charge in [0.1, 0.15) is 33.5 Å². The molecule has 10 aromatic carbocycles. The highest BCUT2D eigenvalue weighted by atomic mass is 16.3. The van der Waals surface area contributed by atoms with E-state index in [1.165, 1.54) is 5.56 Å². The first-order chi connectivity index (χ1) is 30.7. The van der Waals surface area contributed by atoms with Crippen molar-refractivity contribution in [1.29, 1.82) is 0 Å². The average molecular weight is 794 g/mol. The lowest BCUT2D eigenvalue weighted by molar-refractivity contribution is 0.665. The van der Waals surface area contributed by atoms with Gasteiger partial charge in [-0.05, 0) is 82.1 Å². The third kappa shape index (κ3) is 5.27. The summed E-state index contributed by atoms with van der Waals surface area (Å²) in [5.74, 6) is 0. The summed E-state index contributed by atoms with van der Waals surface area (Å²) in [7, 11) is 0. The number of fused-ring (bicyclic) bond motifs is 10. The maximum Gasteiger partial charge on any atom is 0.144 e. The molecule has 0 aliphatic rings. The Morgan fingerprint density at radius 2 is 0.806 bits per heavy atom. The molecule has 0 saturated carbocycles. The van der Waals surface area contributed by atoms with Gasteiger partial charge < -0.3 is 18.2 Å². The Morgan fingerprint density at radius 1 is 0.306 bits per heavy atom. The van der Waals surface area contributed by atoms with Gasteiger partial charge in [-0.1, -0.05) is 158 Å². The van der Waals surface area contributed by atoms with E-state index in [0.29, 0.717) is 0 Å². The van der Waals surface area contributed by atoms with E-state index < -0.39 is 0 Å². The molecule has 4 nitrogen and oxygen atoms in total. The van der Waals surface area contributed by atoms with Crippen LogP contribution < -0.4 is 4.90 Å². The molecule has 0 bridgehead atoms. The van der Waals surface area contributed by atoms with Gasteiger partial charge in [-0.2, -0.15) is 0 Å². The lowest BCUT2D eigenvalue weighted by atomic mass is 9.93. The Balaban J connectivity index is 1.04. The molecular weight excluding hydrogens is 759 g/mol. The van der Waals surface area contributed by atoms with E-state index in [1.54, 1.807) is 0 Å². The smallest absolute Gasteiger partial charge is 0.144 e. The lowest BCUT2D eigenvalue weighted by Crippen LogP contribution is -2.10. The van der Waals surface area contributed by atoms with Crippen molar-refractivity contribution in [3.63, 3.8) is 0 Å². The highest BCUT2D eigenvalue weighted by molar-refractivity contribution is 6.24. The van der Waals surface area contributed by atoms with Gasteiger partial charge in [0.2, 0.25) is 0 Å². The van der Waals surface area contributed by atoms with Crippen LogP contribution in [-0.4, -0.2) is 0 Å². The van der Waals surface area contributed by atoms with E-state index in [4.69, 9.17) is 13.3 Å². The van der Waals surface area contributed by atoms with Crippen molar-refractivity contribution in [2.24, 2.45) is 0 Å². The Bertz CT molecular complexity index is 3850. The van der Waals surface area contributed by atoms with Crippen LogP contribution in [0.5, 0.6) is 0 Å². The highest BCUT2D eigenvalue weighted by Crippen LogP contribution is 2.49. The van der Waals surface area contributed by atoms with Crippen molar-refractivity contribution in [1.82, 2.24) is 0 Å². The van der Waals surface area contributed by atoms with Crippen LogP contribution >= 0.6 is 0 Å². The lowest BCUT2D eigenvalue weighted by Gasteiger charge is -2.26. The van der Waals surface area contributed by atoms with E-state index in [2.05, 4.69) is 193 Å². The SMILES string of the molecule is c1ccc(-c2ccc(N(c3ccc(-c4cccc5c4oc4ccccc45)cc3)c3cccc4oc5c(-c6cccc7c6oc6ccccc67)c6ccccc6cc5c34)cc2)cc1. The molecule has 13 rings (SSSR count). The van der Waals surface area contributed by atoms with Gasteiger partial charge >= 0.3 is 0 Å². The van der Waals surface area contributed by atoms with Crippen LogP contribution in [0.4, 0.5) is 17.1 Å². The first-order valence-corrected chi connectivity index (χ1v) is 21.0. The zero-order chi connectivity index (χ0) is 40.7. The molecular formula is C58H35NO3. The molecule has 62 heavy (non-hydrogen) atoms. The number of furan rings is 3. The number of hydrogen-bond acceptors (Lipinski definition) is 4. The molecule has 3 aromatic heterocycles. The minimum Gasteiger partial charge on any atom is -0.455 e. The maximum absolute atomic E-state index is 7.07. The summed E-state index contributed by atoms with van der Waals surface area (Å²) >= 11 is 0. The fraction of sp³-hybridized carbons (Fsp3) is 0. The van der Waals surface area contributed by atoms with Crippen molar-refractivity contribution >= 4 is 93.7 Å². The summed E-state index contributed by atoms with van der Waals surface area (Å²) in [5, 5.41) is 8.73. The Hall–Kier alpha value is -8.34. The first-order valence-electron chi connectivity index (χ1n) is 21.0. The number of rotatable bonds is 6. The second-order valence-electron chi connectivity index (χ2n) is 16.0. The van der Waals surface area contributed by atoms with Gasteiger partial charge in [0.25, 0.3) is 0 Å². The molecule has 0 spiro atoms. The molecule has 0 fully saturated rings. The van der Waals surface area contributed by atoms with Gasteiger partial charge in [-0.3, -0.25) is 0 Å². The summed E-state index contributed by atoms with van der Waals surface area (Å²) in [5.41, 5.74) is 14.7. The topological polar surface area (TPSA) is 42.7 Å².